The van der Waals surface area contributed by atoms with Gasteiger partial charge in [-0.05, 0) is 36.8 Å². The van der Waals surface area contributed by atoms with Gasteiger partial charge >= 0.3 is 6.09 Å². The quantitative estimate of drug-likeness (QED) is 0.793. The van der Waals surface area contributed by atoms with Crippen molar-refractivity contribution >= 4 is 17.8 Å². The Morgan fingerprint density at radius 1 is 1.14 bits per heavy atom. The van der Waals surface area contributed by atoms with Crippen molar-refractivity contribution in [2.45, 2.75) is 33.6 Å². The Kier molecular flexibility index (Phi) is 6.75. The van der Waals surface area contributed by atoms with E-state index in [0.717, 1.165) is 25.3 Å². The fourth-order valence-corrected chi connectivity index (χ4v) is 3.70. The Labute approximate surface area is 167 Å². The van der Waals surface area contributed by atoms with E-state index >= 15 is 0 Å². The summed E-state index contributed by atoms with van der Waals surface area (Å²) in [7, 11) is 0. The molecule has 154 valence electrons. The number of amides is 2. The van der Waals surface area contributed by atoms with Crippen molar-refractivity contribution in [3.05, 3.63) is 23.9 Å². The van der Waals surface area contributed by atoms with Gasteiger partial charge in [0.2, 0.25) is 0 Å². The maximum absolute atomic E-state index is 12.7. The van der Waals surface area contributed by atoms with Crippen LogP contribution in [0.2, 0.25) is 0 Å². The highest BCUT2D eigenvalue weighted by atomic mass is 16.6. The standard InChI is InChI=1S/C21H32N4O3/c1-16(2)15-28-21(27)24-11-9-23(10-12-24)19-7-6-18(13-22-19)20(26)25-8-4-5-17(3)14-25/h6-7,13,16-17H,4-5,8-12,14-15H2,1-3H3. The monoisotopic (exact) mass is 388 g/mol. The Morgan fingerprint density at radius 3 is 2.50 bits per heavy atom. The molecule has 0 bridgehead atoms. The van der Waals surface area contributed by atoms with E-state index < -0.39 is 0 Å². The second-order valence-corrected chi connectivity index (χ2v) is 8.35. The first kappa shape index (κ1) is 20.4. The first-order valence-corrected chi connectivity index (χ1v) is 10.4. The van der Waals surface area contributed by atoms with Crippen LogP contribution in [0.3, 0.4) is 0 Å². The molecular formula is C21H32N4O3. The van der Waals surface area contributed by atoms with Gasteiger partial charge in [-0.2, -0.15) is 0 Å². The van der Waals surface area contributed by atoms with Gasteiger partial charge < -0.3 is 19.4 Å². The van der Waals surface area contributed by atoms with E-state index in [1.54, 1.807) is 11.1 Å². The number of aromatic nitrogens is 1. The number of piperidine rings is 1. The van der Waals surface area contributed by atoms with Crippen molar-refractivity contribution in [3.63, 3.8) is 0 Å². The summed E-state index contributed by atoms with van der Waals surface area (Å²) < 4.78 is 5.30. The maximum Gasteiger partial charge on any atom is 0.409 e. The molecule has 2 aliphatic heterocycles. The number of likely N-dealkylation sites (tertiary alicyclic amines) is 1. The minimum Gasteiger partial charge on any atom is -0.449 e. The largest absolute Gasteiger partial charge is 0.449 e. The number of nitrogens with zero attached hydrogens (tertiary/aromatic N) is 4. The van der Waals surface area contributed by atoms with E-state index in [4.69, 9.17) is 4.74 Å². The van der Waals surface area contributed by atoms with Crippen molar-refractivity contribution in [2.75, 3.05) is 50.8 Å². The van der Waals surface area contributed by atoms with E-state index in [0.29, 0.717) is 50.2 Å². The predicted octanol–water partition coefficient (Wildman–Crippen LogP) is 2.87. The summed E-state index contributed by atoms with van der Waals surface area (Å²) in [6, 6.07) is 3.78. The molecule has 2 amide bonds. The number of anilines is 1. The SMILES string of the molecule is CC(C)COC(=O)N1CCN(c2ccc(C(=O)N3CCCC(C)C3)cn2)CC1. The van der Waals surface area contributed by atoms with Crippen LogP contribution in [0, 0.1) is 11.8 Å². The number of carbonyl (C=O) groups is 2. The van der Waals surface area contributed by atoms with Gasteiger partial charge in [0.1, 0.15) is 5.82 Å². The zero-order valence-electron chi connectivity index (χ0n) is 17.3. The molecule has 0 spiro atoms. The van der Waals surface area contributed by atoms with Crippen molar-refractivity contribution in [3.8, 4) is 0 Å². The third-order valence-electron chi connectivity index (χ3n) is 5.34. The third kappa shape index (κ3) is 5.14. The molecule has 2 fully saturated rings. The van der Waals surface area contributed by atoms with Gasteiger partial charge in [0.25, 0.3) is 5.91 Å². The van der Waals surface area contributed by atoms with E-state index in [9.17, 15) is 9.59 Å². The van der Waals surface area contributed by atoms with Crippen molar-refractivity contribution in [1.82, 2.24) is 14.8 Å². The zero-order valence-corrected chi connectivity index (χ0v) is 17.3. The number of rotatable bonds is 4. The van der Waals surface area contributed by atoms with Gasteiger partial charge in [0.05, 0.1) is 12.2 Å². The van der Waals surface area contributed by atoms with E-state index in [2.05, 4.69) is 16.8 Å². The summed E-state index contributed by atoms with van der Waals surface area (Å²) in [5, 5.41) is 0. The number of hydrogen-bond acceptors (Lipinski definition) is 5. The molecule has 7 heteroatoms. The first-order chi connectivity index (χ1) is 13.4. The van der Waals surface area contributed by atoms with Crippen LogP contribution in [0.4, 0.5) is 10.6 Å². The van der Waals surface area contributed by atoms with Crippen LogP contribution in [0.1, 0.15) is 44.0 Å². The van der Waals surface area contributed by atoms with Crippen LogP contribution < -0.4 is 4.90 Å². The van der Waals surface area contributed by atoms with Gasteiger partial charge in [-0.3, -0.25) is 4.79 Å². The topological polar surface area (TPSA) is 66.0 Å². The number of carbonyl (C=O) groups excluding carboxylic acids is 2. The number of hydrogen-bond donors (Lipinski definition) is 0. The molecule has 1 unspecified atom stereocenters. The van der Waals surface area contributed by atoms with Gasteiger partial charge in [0, 0.05) is 45.5 Å². The molecular weight excluding hydrogens is 356 g/mol. The van der Waals surface area contributed by atoms with Crippen molar-refractivity contribution in [2.24, 2.45) is 11.8 Å². The Bertz CT molecular complexity index is 669. The molecule has 0 aliphatic carbocycles. The van der Waals surface area contributed by atoms with E-state index in [1.165, 1.54) is 6.42 Å². The molecule has 1 atom stereocenters. The molecule has 0 saturated carbocycles. The Hall–Kier alpha value is -2.31. The van der Waals surface area contributed by atoms with Gasteiger partial charge in [0.15, 0.2) is 0 Å². The highest BCUT2D eigenvalue weighted by molar-refractivity contribution is 5.94. The second-order valence-electron chi connectivity index (χ2n) is 8.35. The summed E-state index contributed by atoms with van der Waals surface area (Å²) in [5.74, 6) is 1.82. The van der Waals surface area contributed by atoms with E-state index in [1.807, 2.05) is 30.9 Å². The van der Waals surface area contributed by atoms with Gasteiger partial charge in [-0.15, -0.1) is 0 Å². The van der Waals surface area contributed by atoms with Gasteiger partial charge in [-0.25, -0.2) is 9.78 Å². The Balaban J connectivity index is 1.52. The average Bonchev–Trinajstić information content (AvgIpc) is 2.71. The second kappa shape index (κ2) is 9.26. The normalized spacial score (nSPS) is 20.4. The lowest BCUT2D eigenvalue weighted by molar-refractivity contribution is 0.0682. The molecule has 1 aromatic rings. The van der Waals surface area contributed by atoms with Crippen molar-refractivity contribution in [1.29, 1.82) is 0 Å². The smallest absolute Gasteiger partial charge is 0.409 e. The number of ether oxygens (including phenoxy) is 1. The molecule has 0 radical (unpaired) electrons. The fraction of sp³-hybridized carbons (Fsp3) is 0.667. The Morgan fingerprint density at radius 2 is 1.89 bits per heavy atom. The predicted molar refractivity (Wildman–Crippen MR) is 109 cm³/mol. The van der Waals surface area contributed by atoms with Crippen LogP contribution in [0.5, 0.6) is 0 Å². The fourth-order valence-electron chi connectivity index (χ4n) is 3.70. The molecule has 28 heavy (non-hydrogen) atoms. The summed E-state index contributed by atoms with van der Waals surface area (Å²) in [5.41, 5.74) is 0.647. The molecule has 2 aliphatic rings. The number of pyridine rings is 1. The molecule has 3 heterocycles. The van der Waals surface area contributed by atoms with E-state index in [-0.39, 0.29) is 12.0 Å². The maximum atomic E-state index is 12.7. The molecule has 0 N–H and O–H groups in total. The van der Waals surface area contributed by atoms with Gasteiger partial charge in [-0.1, -0.05) is 20.8 Å². The summed E-state index contributed by atoms with van der Waals surface area (Å²) >= 11 is 0. The molecule has 1 aromatic heterocycles. The van der Waals surface area contributed by atoms with Crippen LogP contribution in [0.25, 0.3) is 0 Å². The summed E-state index contributed by atoms with van der Waals surface area (Å²) in [6.45, 7) is 11.0. The minimum atomic E-state index is -0.238. The first-order valence-electron chi connectivity index (χ1n) is 10.4. The lowest BCUT2D eigenvalue weighted by Gasteiger charge is -2.35. The lowest BCUT2D eigenvalue weighted by atomic mass is 10.00. The lowest BCUT2D eigenvalue weighted by Crippen LogP contribution is -2.49. The van der Waals surface area contributed by atoms with Crippen LogP contribution in [-0.2, 0) is 4.74 Å². The average molecular weight is 389 g/mol. The third-order valence-corrected chi connectivity index (χ3v) is 5.34. The van der Waals surface area contributed by atoms with Crippen molar-refractivity contribution < 1.29 is 14.3 Å². The highest BCUT2D eigenvalue weighted by Gasteiger charge is 2.25. The zero-order chi connectivity index (χ0) is 20.1. The molecule has 7 nitrogen and oxygen atoms in total. The summed E-state index contributed by atoms with van der Waals surface area (Å²) in [6.07, 6.45) is 3.71. The molecule has 3 rings (SSSR count). The highest BCUT2D eigenvalue weighted by Crippen LogP contribution is 2.19. The molecule has 0 aromatic carbocycles. The molecule has 2 saturated heterocycles. The van der Waals surface area contributed by atoms with Crippen LogP contribution in [0.15, 0.2) is 18.3 Å². The van der Waals surface area contributed by atoms with Crippen LogP contribution in [-0.4, -0.2) is 72.7 Å². The van der Waals surface area contributed by atoms with Crippen LogP contribution >= 0.6 is 0 Å². The summed E-state index contributed by atoms with van der Waals surface area (Å²) in [4.78, 5) is 35.1. The minimum absolute atomic E-state index is 0.0725. The number of piperazine rings is 1.